The average molecular weight is 387 g/mol. The lowest BCUT2D eigenvalue weighted by atomic mass is 10.1. The zero-order valence-corrected chi connectivity index (χ0v) is 16.1. The first kappa shape index (κ1) is 19.0. The highest BCUT2D eigenvalue weighted by molar-refractivity contribution is 8.02. The van der Waals surface area contributed by atoms with Gasteiger partial charge in [-0.15, -0.1) is 0 Å². The van der Waals surface area contributed by atoms with Crippen LogP contribution in [0, 0.1) is 6.92 Å². The molecule has 9 heteroatoms. The number of aromatic nitrogens is 2. The molecular weight excluding hydrogens is 366 g/mol. The monoisotopic (exact) mass is 387 g/mol. The van der Waals surface area contributed by atoms with Gasteiger partial charge in [-0.05, 0) is 32.0 Å². The molecule has 2 aromatic rings. The van der Waals surface area contributed by atoms with Gasteiger partial charge in [-0.3, -0.25) is 19.1 Å². The molecule has 1 aliphatic rings. The number of nitrogens with one attached hydrogen (secondary N) is 3. The van der Waals surface area contributed by atoms with Crippen molar-refractivity contribution >= 4 is 35.2 Å². The van der Waals surface area contributed by atoms with Crippen LogP contribution in [0.5, 0.6) is 0 Å². The van der Waals surface area contributed by atoms with E-state index < -0.39 is 10.7 Å². The maximum atomic E-state index is 12.6. The van der Waals surface area contributed by atoms with E-state index in [1.807, 2.05) is 25.1 Å². The number of amides is 3. The van der Waals surface area contributed by atoms with Crippen molar-refractivity contribution in [1.29, 1.82) is 0 Å². The predicted octanol–water partition coefficient (Wildman–Crippen LogP) is 1.08. The van der Waals surface area contributed by atoms with Crippen LogP contribution in [0.3, 0.4) is 0 Å². The Labute approximate surface area is 161 Å². The standard InChI is InChI=1S/C18H21N5O3S/c1-11-10-13(22-23(11)3)15(24)19-8-9-20-16(25)18(2)17(26)21-12-6-4-5-7-14(12)27-18/h4-7,10H,8-9H2,1-3H3,(H,19,24)(H,20,25)(H,21,26). The molecule has 0 spiro atoms. The highest BCUT2D eigenvalue weighted by atomic mass is 32.2. The van der Waals surface area contributed by atoms with E-state index >= 15 is 0 Å². The molecule has 142 valence electrons. The number of nitrogens with zero attached hydrogens (tertiary/aromatic N) is 2. The first-order chi connectivity index (χ1) is 12.8. The van der Waals surface area contributed by atoms with Crippen LogP contribution in [0.15, 0.2) is 35.2 Å². The number of aryl methyl sites for hydroxylation is 2. The highest BCUT2D eigenvalue weighted by Crippen LogP contribution is 2.42. The van der Waals surface area contributed by atoms with Gasteiger partial charge in [-0.1, -0.05) is 23.9 Å². The van der Waals surface area contributed by atoms with Crippen LogP contribution in [0.25, 0.3) is 0 Å². The fourth-order valence-electron chi connectivity index (χ4n) is 2.60. The second-order valence-corrected chi connectivity index (χ2v) is 7.85. The molecule has 1 aliphatic heterocycles. The van der Waals surface area contributed by atoms with Gasteiger partial charge in [0.25, 0.3) is 5.91 Å². The lowest BCUT2D eigenvalue weighted by Gasteiger charge is -2.31. The quantitative estimate of drug-likeness (QED) is 0.526. The van der Waals surface area contributed by atoms with Gasteiger partial charge >= 0.3 is 0 Å². The van der Waals surface area contributed by atoms with Crippen molar-refractivity contribution < 1.29 is 14.4 Å². The van der Waals surface area contributed by atoms with Crippen LogP contribution in [0.4, 0.5) is 5.69 Å². The van der Waals surface area contributed by atoms with Crippen molar-refractivity contribution in [3.05, 3.63) is 41.7 Å². The summed E-state index contributed by atoms with van der Waals surface area (Å²) in [5, 5.41) is 12.3. The van der Waals surface area contributed by atoms with Crippen molar-refractivity contribution in [1.82, 2.24) is 20.4 Å². The van der Waals surface area contributed by atoms with Crippen molar-refractivity contribution in [3.8, 4) is 0 Å². The Morgan fingerprint density at radius 1 is 1.26 bits per heavy atom. The third kappa shape index (κ3) is 3.82. The number of carbonyl (C=O) groups is 3. The molecule has 3 N–H and O–H groups in total. The molecule has 27 heavy (non-hydrogen) atoms. The molecule has 2 heterocycles. The van der Waals surface area contributed by atoms with Gasteiger partial charge in [0.1, 0.15) is 5.69 Å². The predicted molar refractivity (Wildman–Crippen MR) is 103 cm³/mol. The number of anilines is 1. The van der Waals surface area contributed by atoms with Gasteiger partial charge < -0.3 is 16.0 Å². The van der Waals surface area contributed by atoms with Crippen LogP contribution < -0.4 is 16.0 Å². The Bertz CT molecular complexity index is 891. The normalized spacial score (nSPS) is 18.4. The summed E-state index contributed by atoms with van der Waals surface area (Å²) in [5.74, 6) is -1.07. The molecule has 0 saturated carbocycles. The summed E-state index contributed by atoms with van der Waals surface area (Å²) in [5.41, 5.74) is 1.91. The van der Waals surface area contributed by atoms with Gasteiger partial charge in [0.15, 0.2) is 4.75 Å². The Kier molecular flexibility index (Phi) is 5.22. The third-order valence-corrected chi connectivity index (χ3v) is 5.71. The minimum atomic E-state index is -1.27. The van der Waals surface area contributed by atoms with E-state index in [-0.39, 0.29) is 24.9 Å². The fraction of sp³-hybridized carbons (Fsp3) is 0.333. The van der Waals surface area contributed by atoms with Gasteiger partial charge in [0, 0.05) is 30.7 Å². The molecule has 0 saturated heterocycles. The Morgan fingerprint density at radius 2 is 1.96 bits per heavy atom. The lowest BCUT2D eigenvalue weighted by molar-refractivity contribution is -0.129. The average Bonchev–Trinajstić information content (AvgIpc) is 2.98. The number of fused-ring (bicyclic) bond motifs is 1. The molecule has 0 fully saturated rings. The summed E-state index contributed by atoms with van der Waals surface area (Å²) in [4.78, 5) is 37.9. The van der Waals surface area contributed by atoms with Crippen LogP contribution in [-0.4, -0.2) is 45.3 Å². The van der Waals surface area contributed by atoms with Crippen LogP contribution >= 0.6 is 11.8 Å². The second kappa shape index (κ2) is 7.43. The zero-order valence-electron chi connectivity index (χ0n) is 15.3. The summed E-state index contributed by atoms with van der Waals surface area (Å²) in [6.07, 6.45) is 0. The number of thioether (sulfide) groups is 1. The van der Waals surface area contributed by atoms with Crippen molar-refractivity contribution in [2.24, 2.45) is 7.05 Å². The molecular formula is C18H21N5O3S. The molecule has 1 aromatic carbocycles. The fourth-order valence-corrected chi connectivity index (χ4v) is 3.72. The van der Waals surface area contributed by atoms with E-state index in [4.69, 9.17) is 0 Å². The van der Waals surface area contributed by atoms with Crippen molar-refractivity contribution in [2.75, 3.05) is 18.4 Å². The van der Waals surface area contributed by atoms with E-state index in [0.717, 1.165) is 10.6 Å². The first-order valence-corrected chi connectivity index (χ1v) is 9.29. The number of benzene rings is 1. The summed E-state index contributed by atoms with van der Waals surface area (Å²) >= 11 is 1.22. The highest BCUT2D eigenvalue weighted by Gasteiger charge is 2.45. The van der Waals surface area contributed by atoms with Crippen LogP contribution in [0.1, 0.15) is 23.1 Å². The molecule has 0 bridgehead atoms. The van der Waals surface area contributed by atoms with Crippen LogP contribution in [-0.2, 0) is 16.6 Å². The van der Waals surface area contributed by atoms with E-state index in [1.165, 1.54) is 11.8 Å². The van der Waals surface area contributed by atoms with Gasteiger partial charge in [0.2, 0.25) is 11.8 Å². The van der Waals surface area contributed by atoms with E-state index in [9.17, 15) is 14.4 Å². The lowest BCUT2D eigenvalue weighted by Crippen LogP contribution is -2.53. The Hall–Kier alpha value is -2.81. The summed E-state index contributed by atoms with van der Waals surface area (Å²) in [6, 6.07) is 9.03. The molecule has 1 atom stereocenters. The minimum absolute atomic E-state index is 0.210. The Balaban J connectivity index is 1.53. The molecule has 0 radical (unpaired) electrons. The molecule has 1 unspecified atom stereocenters. The zero-order chi connectivity index (χ0) is 19.6. The van der Waals surface area contributed by atoms with Gasteiger partial charge in [-0.25, -0.2) is 0 Å². The Morgan fingerprint density at radius 3 is 2.67 bits per heavy atom. The maximum absolute atomic E-state index is 12.6. The summed E-state index contributed by atoms with van der Waals surface area (Å²) in [6.45, 7) is 3.89. The van der Waals surface area contributed by atoms with Crippen LogP contribution in [0.2, 0.25) is 0 Å². The summed E-state index contributed by atoms with van der Waals surface area (Å²) in [7, 11) is 1.76. The first-order valence-electron chi connectivity index (χ1n) is 8.48. The molecule has 3 amide bonds. The minimum Gasteiger partial charge on any atom is -0.353 e. The molecule has 3 rings (SSSR count). The summed E-state index contributed by atoms with van der Waals surface area (Å²) < 4.78 is 0.352. The second-order valence-electron chi connectivity index (χ2n) is 6.39. The van der Waals surface area contributed by atoms with E-state index in [1.54, 1.807) is 30.8 Å². The van der Waals surface area contributed by atoms with Crippen molar-refractivity contribution in [2.45, 2.75) is 23.5 Å². The molecule has 0 aliphatic carbocycles. The largest absolute Gasteiger partial charge is 0.353 e. The van der Waals surface area contributed by atoms with E-state index in [2.05, 4.69) is 21.0 Å². The third-order valence-electron chi connectivity index (χ3n) is 4.36. The smallest absolute Gasteiger partial charge is 0.271 e. The van der Waals surface area contributed by atoms with Gasteiger partial charge in [-0.2, -0.15) is 5.10 Å². The van der Waals surface area contributed by atoms with Crippen molar-refractivity contribution in [3.63, 3.8) is 0 Å². The number of para-hydroxylation sites is 1. The number of hydrogen-bond acceptors (Lipinski definition) is 5. The molecule has 8 nitrogen and oxygen atoms in total. The SMILES string of the molecule is Cc1cc(C(=O)NCCNC(=O)C2(C)Sc3ccccc3NC2=O)nn1C. The maximum Gasteiger partial charge on any atom is 0.271 e. The molecule has 1 aromatic heterocycles. The number of rotatable bonds is 5. The topological polar surface area (TPSA) is 105 Å². The van der Waals surface area contributed by atoms with E-state index in [0.29, 0.717) is 11.4 Å². The number of carbonyl (C=O) groups excluding carboxylic acids is 3. The number of hydrogen-bond donors (Lipinski definition) is 3. The van der Waals surface area contributed by atoms with Gasteiger partial charge in [0.05, 0.1) is 5.69 Å².